The van der Waals surface area contributed by atoms with E-state index in [1.807, 2.05) is 54.8 Å². The van der Waals surface area contributed by atoms with Crippen molar-refractivity contribution in [2.24, 2.45) is 5.92 Å². The van der Waals surface area contributed by atoms with Crippen molar-refractivity contribution < 1.29 is 71.4 Å². The number of hydrogen-bond donors (Lipinski definition) is 2. The molecular weight excluding hydrogens is 1200 g/mol. The fraction of sp³-hybridized carbons (Fsp3) is 0.565. The fourth-order valence-corrected chi connectivity index (χ4v) is 12.7. The van der Waals surface area contributed by atoms with Crippen molar-refractivity contribution in [1.29, 1.82) is 0 Å². The van der Waals surface area contributed by atoms with Crippen molar-refractivity contribution in [3.8, 4) is 5.75 Å². The lowest BCUT2D eigenvalue weighted by atomic mass is 9.84. The number of piperazine rings is 1. The lowest BCUT2D eigenvalue weighted by Gasteiger charge is -2.42. The van der Waals surface area contributed by atoms with Gasteiger partial charge in [0.05, 0.1) is 142 Å². The summed E-state index contributed by atoms with van der Waals surface area (Å²) in [6.45, 7) is 17.4. The average Bonchev–Trinajstić information content (AvgIpc) is 1.24. The van der Waals surface area contributed by atoms with Crippen molar-refractivity contribution >= 4 is 64.1 Å². The average molecular weight is 1290 g/mol. The Morgan fingerprint density at radius 2 is 1.24 bits per heavy atom. The number of fused-ring (bicyclic) bond motifs is 2. The number of aryl methyl sites for hydroxylation is 1. The zero-order chi connectivity index (χ0) is 64.8. The number of anilines is 3. The smallest absolute Gasteiger partial charge is 0.264 e. The summed E-state index contributed by atoms with van der Waals surface area (Å²) in [6.07, 6.45) is 5.52. The molecule has 3 fully saturated rings. The molecule has 1 saturated carbocycles. The van der Waals surface area contributed by atoms with Gasteiger partial charge in [0.1, 0.15) is 11.8 Å². The Labute approximate surface area is 545 Å². The highest BCUT2D eigenvalue weighted by molar-refractivity contribution is 6.30. The van der Waals surface area contributed by atoms with Crippen molar-refractivity contribution in [3.63, 3.8) is 0 Å². The topological polar surface area (TPSA) is 226 Å². The summed E-state index contributed by atoms with van der Waals surface area (Å²) in [5.74, 6) is -0.564. The van der Waals surface area contributed by atoms with Crippen molar-refractivity contribution in [2.75, 3.05) is 167 Å². The van der Waals surface area contributed by atoms with E-state index in [9.17, 15) is 28.8 Å². The molecule has 1 aliphatic carbocycles. The van der Waals surface area contributed by atoms with E-state index in [4.69, 9.17) is 54.2 Å². The molecule has 23 heteroatoms. The largest absolute Gasteiger partial charge is 0.491 e. The van der Waals surface area contributed by atoms with Crippen molar-refractivity contribution in [1.82, 2.24) is 20.0 Å². The van der Waals surface area contributed by atoms with E-state index in [0.717, 1.165) is 89.8 Å². The number of piperidine rings is 1. The highest BCUT2D eigenvalue weighted by Crippen LogP contribution is 2.43. The number of imide groups is 2. The summed E-state index contributed by atoms with van der Waals surface area (Å²) in [5, 5.41) is 6.00. The van der Waals surface area contributed by atoms with Gasteiger partial charge >= 0.3 is 0 Å². The number of rotatable bonds is 37. The minimum atomic E-state index is -1.02. The van der Waals surface area contributed by atoms with E-state index in [1.165, 1.54) is 12.8 Å². The first-order valence-corrected chi connectivity index (χ1v) is 33.0. The molecule has 5 aliphatic rings. The first-order valence-electron chi connectivity index (χ1n) is 32.6. The number of nitrogens with one attached hydrogen (secondary N) is 2. The monoisotopic (exact) mass is 1290 g/mol. The number of ether oxygens (including phenoxy) is 9. The Hall–Kier alpha value is -6.57. The van der Waals surface area contributed by atoms with Gasteiger partial charge in [-0.15, -0.1) is 0 Å². The van der Waals surface area contributed by atoms with E-state index in [1.54, 1.807) is 18.2 Å². The quantitative estimate of drug-likeness (QED) is 0.0334. The maximum Gasteiger partial charge on any atom is 0.264 e. The van der Waals surface area contributed by atoms with Crippen molar-refractivity contribution in [3.05, 3.63) is 117 Å². The van der Waals surface area contributed by atoms with Gasteiger partial charge in [-0.1, -0.05) is 35.9 Å². The Morgan fingerprint density at radius 1 is 0.663 bits per heavy atom. The second-order valence-corrected chi connectivity index (χ2v) is 24.6. The van der Waals surface area contributed by atoms with E-state index >= 15 is 0 Å². The maximum absolute atomic E-state index is 14.1. The summed E-state index contributed by atoms with van der Waals surface area (Å²) in [4.78, 5) is 87.2. The van der Waals surface area contributed by atoms with Crippen LogP contribution >= 0.6 is 11.6 Å². The zero-order valence-electron chi connectivity index (χ0n) is 53.8. The van der Waals surface area contributed by atoms with Crippen LogP contribution in [0.4, 0.5) is 17.1 Å². The molecule has 92 heavy (non-hydrogen) atoms. The Bertz CT molecular complexity index is 3070. The molecule has 22 nitrogen and oxygen atoms in total. The van der Waals surface area contributed by atoms with Crippen LogP contribution in [0.15, 0.2) is 78.9 Å². The molecule has 4 heterocycles. The van der Waals surface area contributed by atoms with Gasteiger partial charge in [0.15, 0.2) is 0 Å². The molecule has 0 spiro atoms. The molecule has 500 valence electrons. The normalized spacial score (nSPS) is 19.4. The first kappa shape index (κ1) is 69.8. The Balaban J connectivity index is 0.525. The van der Waals surface area contributed by atoms with Gasteiger partial charge in [0.25, 0.3) is 11.8 Å². The Morgan fingerprint density at radius 3 is 1.82 bits per heavy atom. The molecule has 2 N–H and O–H groups in total. The predicted octanol–water partition coefficient (Wildman–Crippen LogP) is 7.29. The zero-order valence-corrected chi connectivity index (χ0v) is 54.6. The molecule has 4 aromatic carbocycles. The van der Waals surface area contributed by atoms with Gasteiger partial charge in [-0.3, -0.25) is 43.9 Å². The van der Waals surface area contributed by atoms with E-state index < -0.39 is 29.7 Å². The van der Waals surface area contributed by atoms with Crippen LogP contribution in [0.3, 0.4) is 0 Å². The van der Waals surface area contributed by atoms with E-state index in [0.29, 0.717) is 148 Å². The molecule has 0 radical (unpaired) electrons. The van der Waals surface area contributed by atoms with Gasteiger partial charge in [-0.25, -0.2) is 0 Å². The van der Waals surface area contributed by atoms with Crippen molar-refractivity contribution in [2.45, 2.75) is 96.4 Å². The molecule has 6 amide bonds. The number of hydrogen-bond acceptors (Lipinski definition) is 18. The van der Waals surface area contributed by atoms with Gasteiger partial charge < -0.3 is 62.6 Å². The number of benzene rings is 4. The van der Waals surface area contributed by atoms with Crippen LogP contribution < -0.4 is 25.2 Å². The maximum atomic E-state index is 14.1. The minimum absolute atomic E-state index is 0.0250. The fourth-order valence-electron chi connectivity index (χ4n) is 12.6. The minimum Gasteiger partial charge on any atom is -0.491 e. The molecule has 0 bridgehead atoms. The third-order valence-corrected chi connectivity index (χ3v) is 17.6. The van der Waals surface area contributed by atoms with Crippen LogP contribution in [0, 0.1) is 12.8 Å². The van der Waals surface area contributed by atoms with E-state index in [2.05, 4.69) is 63.9 Å². The van der Waals surface area contributed by atoms with Gasteiger partial charge in [0, 0.05) is 80.9 Å². The highest BCUT2D eigenvalue weighted by atomic mass is 35.5. The number of nitrogens with zero attached hydrogens (tertiary/aromatic N) is 5. The molecule has 2 saturated heterocycles. The summed E-state index contributed by atoms with van der Waals surface area (Å²) in [5.41, 5.74) is 6.98. The summed E-state index contributed by atoms with van der Waals surface area (Å²) >= 11 is 6.34. The van der Waals surface area contributed by atoms with Crippen LogP contribution in [0.1, 0.15) is 108 Å². The first-order chi connectivity index (χ1) is 44.7. The second kappa shape index (κ2) is 35.6. The summed E-state index contributed by atoms with van der Waals surface area (Å²) < 4.78 is 51.1. The molecule has 1 unspecified atom stereocenters. The SMILES string of the molecule is Cc1cc2c(cc1OC(C)C)[C@H](c1ccc(Cl)cc1)N(c1ccc(N(C)CC3CCC(N4CCN(C(=O)CCOCCOCCOCCOCCOCCOCCOCCOCCNc5cccc6c5C(=O)N(C5CCC(=O)NC5=O)C6=O)CC4)CC3)cc1)C(=O)C2. The lowest BCUT2D eigenvalue weighted by molar-refractivity contribution is -0.136. The number of amides is 6. The third kappa shape index (κ3) is 19.5. The van der Waals surface area contributed by atoms with Crippen LogP contribution in [0.5, 0.6) is 5.75 Å². The summed E-state index contributed by atoms with van der Waals surface area (Å²) in [7, 11) is 2.17. The molecule has 2 atom stereocenters. The van der Waals surface area contributed by atoms with Gasteiger partial charge in [-0.2, -0.15) is 0 Å². The van der Waals surface area contributed by atoms with Crippen LogP contribution in [0.2, 0.25) is 5.02 Å². The molecule has 4 aliphatic heterocycles. The number of carbonyl (C=O) groups excluding carboxylic acids is 6. The number of halogens is 1. The summed E-state index contributed by atoms with van der Waals surface area (Å²) in [6, 6.07) is 24.6. The second-order valence-electron chi connectivity index (χ2n) is 24.1. The molecule has 4 aromatic rings. The standard InChI is InChI=1S/C69H92ClN7O15/c1-48(2)92-61-46-58-52(44-49(61)3)45-64(80)76(66(58)51-10-12-53(70)13-11-51)56-18-16-54(17-19-56)73(4)47-50-8-14-55(15-9-50)74-24-26-75(27-25-74)63(79)22-28-84-30-32-86-34-36-88-38-40-90-42-43-91-41-39-89-37-35-87-33-31-85-29-23-71-59-7-5-6-57-65(59)69(83)77(68(57)82)60-20-21-62(78)72-67(60)81/h5-7,10-13,16-19,44,46,48,50,55,60,66,71H,8-9,14-15,20-43,45,47H2,1-4H3,(H,72,78,81)/t50?,55?,60?,66-/m0/s1. The lowest BCUT2D eigenvalue weighted by Crippen LogP contribution is -2.54. The third-order valence-electron chi connectivity index (χ3n) is 17.3. The van der Waals surface area contributed by atoms with Gasteiger partial charge in [-0.05, 0) is 136 Å². The van der Waals surface area contributed by atoms with Crippen LogP contribution in [-0.2, 0) is 63.5 Å². The molecule has 0 aromatic heterocycles. The number of carbonyl (C=O) groups is 6. The van der Waals surface area contributed by atoms with Crippen LogP contribution in [-0.4, -0.2) is 220 Å². The Kier molecular flexibility index (Phi) is 27.0. The highest BCUT2D eigenvalue weighted by Gasteiger charge is 2.46. The van der Waals surface area contributed by atoms with Crippen LogP contribution in [0.25, 0.3) is 0 Å². The molecular formula is C69H92ClN7O15. The van der Waals surface area contributed by atoms with E-state index in [-0.39, 0.29) is 47.9 Å². The predicted molar refractivity (Wildman–Crippen MR) is 348 cm³/mol. The molecule has 9 rings (SSSR count). The van der Waals surface area contributed by atoms with Gasteiger partial charge in [0.2, 0.25) is 23.6 Å².